The molecular weight excluding hydrogens is 367 g/mol. The number of pyridine rings is 1. The molecule has 0 saturated carbocycles. The van der Waals surface area contributed by atoms with Crippen LogP contribution < -0.4 is 4.74 Å². The van der Waals surface area contributed by atoms with E-state index in [-0.39, 0.29) is 12.5 Å². The van der Waals surface area contributed by atoms with Crippen LogP contribution in [0.2, 0.25) is 0 Å². The van der Waals surface area contributed by atoms with Crippen molar-refractivity contribution in [2.24, 2.45) is 0 Å². The zero-order valence-electron chi connectivity index (χ0n) is 16.8. The van der Waals surface area contributed by atoms with Crippen LogP contribution in [0.5, 0.6) is 5.75 Å². The minimum Gasteiger partial charge on any atom is -0.487 e. The first-order valence-electron chi connectivity index (χ1n) is 10.1. The molecule has 0 unspecified atom stereocenters. The number of halogens is 1. The van der Waals surface area contributed by atoms with Crippen LogP contribution >= 0.6 is 0 Å². The predicted octanol–water partition coefficient (Wildman–Crippen LogP) is 4.94. The highest BCUT2D eigenvalue weighted by Crippen LogP contribution is 2.30. The van der Waals surface area contributed by atoms with Crippen molar-refractivity contribution in [1.29, 1.82) is 0 Å². The summed E-state index contributed by atoms with van der Waals surface area (Å²) in [6.45, 7) is 4.53. The normalized spacial score (nSPS) is 19.3. The Morgan fingerprint density at radius 2 is 2.00 bits per heavy atom. The molecule has 1 aliphatic heterocycles. The predicted molar refractivity (Wildman–Crippen MR) is 113 cm³/mol. The van der Waals surface area contributed by atoms with Gasteiger partial charge in [0, 0.05) is 31.0 Å². The lowest BCUT2D eigenvalue weighted by Gasteiger charge is -2.34. The Labute approximate surface area is 170 Å². The summed E-state index contributed by atoms with van der Waals surface area (Å²) < 4.78 is 20.4. The highest BCUT2D eigenvalue weighted by molar-refractivity contribution is 5.88. The molecule has 4 rings (SSSR count). The van der Waals surface area contributed by atoms with E-state index in [0.717, 1.165) is 27.6 Å². The zero-order chi connectivity index (χ0) is 20.4. The van der Waals surface area contributed by atoms with Crippen molar-refractivity contribution >= 4 is 16.8 Å². The van der Waals surface area contributed by atoms with Crippen molar-refractivity contribution in [2.45, 2.75) is 39.0 Å². The van der Waals surface area contributed by atoms with Crippen molar-refractivity contribution in [3.63, 3.8) is 0 Å². The lowest BCUT2D eigenvalue weighted by molar-refractivity contribution is -0.134. The Balaban J connectivity index is 1.48. The van der Waals surface area contributed by atoms with E-state index in [4.69, 9.17) is 4.74 Å². The quantitative estimate of drug-likeness (QED) is 0.632. The van der Waals surface area contributed by atoms with Gasteiger partial charge in [-0.25, -0.2) is 4.39 Å². The molecule has 1 saturated heterocycles. The highest BCUT2D eigenvalue weighted by Gasteiger charge is 2.32. The number of carbonyl (C=O) groups is 1. The SMILES string of the molecule is CCC(=O)N1CC[C@@H](Oc2ccc(-c3ccc4cccnc4c3C)cc2)[C@@H](F)C1. The average molecular weight is 392 g/mol. The van der Waals surface area contributed by atoms with Crippen LogP contribution in [0.3, 0.4) is 0 Å². The third-order valence-electron chi connectivity index (χ3n) is 5.62. The van der Waals surface area contributed by atoms with Crippen LogP contribution in [0.25, 0.3) is 22.0 Å². The van der Waals surface area contributed by atoms with Gasteiger partial charge in [-0.3, -0.25) is 9.78 Å². The summed E-state index contributed by atoms with van der Waals surface area (Å²) in [4.78, 5) is 17.9. The number of hydrogen-bond acceptors (Lipinski definition) is 3. The number of fused-ring (bicyclic) bond motifs is 1. The fourth-order valence-electron chi connectivity index (χ4n) is 3.96. The molecular formula is C24H25FN2O2. The monoisotopic (exact) mass is 392 g/mol. The Kier molecular flexibility index (Phi) is 5.47. The van der Waals surface area contributed by atoms with Gasteiger partial charge in [0.25, 0.3) is 0 Å². The first kappa shape index (κ1) is 19.4. The van der Waals surface area contributed by atoms with Gasteiger partial charge in [-0.05, 0) is 41.8 Å². The van der Waals surface area contributed by atoms with Gasteiger partial charge in [0.1, 0.15) is 11.9 Å². The van der Waals surface area contributed by atoms with Gasteiger partial charge in [-0.2, -0.15) is 0 Å². The largest absolute Gasteiger partial charge is 0.487 e. The minimum atomic E-state index is -1.17. The number of aromatic nitrogens is 1. The summed E-state index contributed by atoms with van der Waals surface area (Å²) in [6.07, 6.45) is 1.03. The summed E-state index contributed by atoms with van der Waals surface area (Å²) >= 11 is 0. The lowest BCUT2D eigenvalue weighted by atomic mass is 9.98. The van der Waals surface area contributed by atoms with E-state index in [2.05, 4.69) is 30.1 Å². The van der Waals surface area contributed by atoms with Gasteiger partial charge < -0.3 is 9.64 Å². The summed E-state index contributed by atoms with van der Waals surface area (Å²) in [5.74, 6) is 0.643. The number of aryl methyl sites for hydroxylation is 1. The molecule has 1 aliphatic rings. The number of alkyl halides is 1. The Hall–Kier alpha value is -2.95. The molecule has 150 valence electrons. The van der Waals surface area contributed by atoms with E-state index < -0.39 is 12.3 Å². The van der Waals surface area contributed by atoms with Crippen molar-refractivity contribution in [1.82, 2.24) is 9.88 Å². The summed E-state index contributed by atoms with van der Waals surface area (Å²) in [6, 6.07) is 15.9. The Morgan fingerprint density at radius 1 is 1.21 bits per heavy atom. The van der Waals surface area contributed by atoms with Crippen molar-refractivity contribution in [3.05, 3.63) is 60.3 Å². The number of benzene rings is 2. The first-order valence-corrected chi connectivity index (χ1v) is 10.1. The summed E-state index contributed by atoms with van der Waals surface area (Å²) in [5, 5.41) is 1.12. The van der Waals surface area contributed by atoms with E-state index in [1.807, 2.05) is 36.5 Å². The van der Waals surface area contributed by atoms with Gasteiger partial charge in [0.05, 0.1) is 12.1 Å². The van der Waals surface area contributed by atoms with E-state index in [0.29, 0.717) is 25.1 Å². The number of hydrogen-bond donors (Lipinski definition) is 0. The van der Waals surface area contributed by atoms with Gasteiger partial charge in [0.15, 0.2) is 6.17 Å². The second-order valence-electron chi connectivity index (χ2n) is 7.49. The molecule has 2 atom stereocenters. The maximum Gasteiger partial charge on any atom is 0.222 e. The molecule has 1 aromatic heterocycles. The molecule has 0 spiro atoms. The third kappa shape index (κ3) is 3.95. The van der Waals surface area contributed by atoms with E-state index in [9.17, 15) is 9.18 Å². The molecule has 2 heterocycles. The number of amides is 1. The molecule has 0 N–H and O–H groups in total. The Morgan fingerprint density at radius 3 is 2.72 bits per heavy atom. The molecule has 29 heavy (non-hydrogen) atoms. The second-order valence-corrected chi connectivity index (χ2v) is 7.49. The molecule has 5 heteroatoms. The number of likely N-dealkylation sites (tertiary alicyclic amines) is 1. The van der Waals surface area contributed by atoms with Crippen LogP contribution in [0.15, 0.2) is 54.7 Å². The van der Waals surface area contributed by atoms with Crippen LogP contribution in [0, 0.1) is 6.92 Å². The first-order chi connectivity index (χ1) is 14.1. The van der Waals surface area contributed by atoms with Crippen molar-refractivity contribution < 1.29 is 13.9 Å². The fourth-order valence-corrected chi connectivity index (χ4v) is 3.96. The lowest BCUT2D eigenvalue weighted by Crippen LogP contribution is -2.49. The zero-order valence-corrected chi connectivity index (χ0v) is 16.8. The molecule has 0 aliphatic carbocycles. The number of nitrogens with zero attached hydrogens (tertiary/aromatic N) is 2. The molecule has 4 nitrogen and oxygen atoms in total. The van der Waals surface area contributed by atoms with Gasteiger partial charge in [-0.1, -0.05) is 37.3 Å². The molecule has 1 fully saturated rings. The van der Waals surface area contributed by atoms with E-state index in [1.165, 1.54) is 0 Å². The summed E-state index contributed by atoms with van der Waals surface area (Å²) in [7, 11) is 0. The second kappa shape index (κ2) is 8.19. The third-order valence-corrected chi connectivity index (χ3v) is 5.62. The number of ether oxygens (including phenoxy) is 1. The van der Waals surface area contributed by atoms with Crippen molar-refractivity contribution in [3.8, 4) is 16.9 Å². The fraction of sp³-hybridized carbons (Fsp3) is 0.333. The average Bonchev–Trinajstić information content (AvgIpc) is 2.76. The van der Waals surface area contributed by atoms with Crippen molar-refractivity contribution in [2.75, 3.05) is 13.1 Å². The molecule has 0 bridgehead atoms. The maximum atomic E-state index is 14.5. The topological polar surface area (TPSA) is 42.4 Å². The minimum absolute atomic E-state index is 0.00398. The van der Waals surface area contributed by atoms with Crippen LogP contribution in [0.1, 0.15) is 25.3 Å². The summed E-state index contributed by atoms with van der Waals surface area (Å²) in [5.41, 5.74) is 4.33. The number of rotatable bonds is 4. The van der Waals surface area contributed by atoms with Crippen LogP contribution in [-0.2, 0) is 4.79 Å². The Bertz CT molecular complexity index is 1020. The van der Waals surface area contributed by atoms with Gasteiger partial charge in [-0.15, -0.1) is 0 Å². The molecule has 3 aromatic rings. The molecule has 1 amide bonds. The van der Waals surface area contributed by atoms with Crippen LogP contribution in [-0.4, -0.2) is 41.2 Å². The standard InChI is InChI=1S/C24H25FN2O2/c1-3-23(28)27-14-12-22(21(25)15-27)29-19-9-6-17(7-10-19)20-11-8-18-5-4-13-26-24(18)16(20)2/h4-11,13,21-22H,3,12,14-15H2,1-2H3/t21-,22+/m0/s1. The van der Waals surface area contributed by atoms with Gasteiger partial charge >= 0.3 is 0 Å². The maximum absolute atomic E-state index is 14.5. The van der Waals surface area contributed by atoms with Crippen LogP contribution in [0.4, 0.5) is 4.39 Å². The van der Waals surface area contributed by atoms with Gasteiger partial charge in [0.2, 0.25) is 5.91 Å². The molecule has 0 radical (unpaired) electrons. The van der Waals surface area contributed by atoms with E-state index in [1.54, 1.807) is 11.8 Å². The molecule has 2 aromatic carbocycles. The number of piperidine rings is 1. The number of carbonyl (C=O) groups excluding carboxylic acids is 1. The highest BCUT2D eigenvalue weighted by atomic mass is 19.1. The smallest absolute Gasteiger partial charge is 0.222 e. The van der Waals surface area contributed by atoms with E-state index >= 15 is 0 Å².